The summed E-state index contributed by atoms with van der Waals surface area (Å²) in [6.07, 6.45) is 1.93. The second-order valence-corrected chi connectivity index (χ2v) is 5.25. The molecule has 0 unspecified atom stereocenters. The van der Waals surface area contributed by atoms with Crippen LogP contribution >= 0.6 is 39.5 Å². The first-order valence-corrected chi connectivity index (χ1v) is 6.23. The number of halogens is 1. The molecule has 2 nitrogen and oxygen atoms in total. The van der Waals surface area contributed by atoms with Gasteiger partial charge >= 0.3 is 0 Å². The Hall–Kier alpha value is -0.390. The Labute approximate surface area is 99.7 Å². The highest BCUT2D eigenvalue weighted by Crippen LogP contribution is 2.24. The van der Waals surface area contributed by atoms with Crippen LogP contribution in [0.25, 0.3) is 0 Å². The van der Waals surface area contributed by atoms with Crippen molar-refractivity contribution in [2.45, 2.75) is 13.5 Å². The van der Waals surface area contributed by atoms with E-state index in [9.17, 15) is 0 Å². The number of nitrogens with zero attached hydrogens (tertiary/aromatic N) is 1. The minimum Gasteiger partial charge on any atom is -0.337 e. The van der Waals surface area contributed by atoms with Gasteiger partial charge in [0.2, 0.25) is 0 Å². The summed E-state index contributed by atoms with van der Waals surface area (Å²) >= 11 is 10.4. The van der Waals surface area contributed by atoms with Gasteiger partial charge in [-0.3, -0.25) is 0 Å². The monoisotopic (exact) mass is 288 g/mol. The molecule has 0 spiro atoms. The van der Waals surface area contributed by atoms with Crippen LogP contribution in [-0.2, 0) is 6.54 Å². The number of nitrogens with one attached hydrogen (secondary N) is 1. The van der Waals surface area contributed by atoms with Gasteiger partial charge in [0.15, 0.2) is 4.77 Å². The smallest absolute Gasteiger partial charge is 0.177 e. The highest BCUT2D eigenvalue weighted by atomic mass is 79.9. The maximum absolute atomic E-state index is 5.19. The molecule has 0 fully saturated rings. The van der Waals surface area contributed by atoms with E-state index in [2.05, 4.69) is 36.9 Å². The molecular formula is C9H9BrN2S2. The fourth-order valence-electron chi connectivity index (χ4n) is 1.26. The first-order valence-electron chi connectivity index (χ1n) is 4.15. The zero-order chi connectivity index (χ0) is 10.1. The Morgan fingerprint density at radius 1 is 1.64 bits per heavy atom. The van der Waals surface area contributed by atoms with Crippen LogP contribution in [0.1, 0.15) is 10.6 Å². The minimum atomic E-state index is 0.780. The molecule has 0 bridgehead atoms. The van der Waals surface area contributed by atoms with E-state index >= 15 is 0 Å². The lowest BCUT2D eigenvalue weighted by atomic mass is 10.4. The van der Waals surface area contributed by atoms with Crippen molar-refractivity contribution >= 4 is 39.5 Å². The zero-order valence-electron chi connectivity index (χ0n) is 7.58. The van der Waals surface area contributed by atoms with Gasteiger partial charge in [-0.15, -0.1) is 11.3 Å². The Morgan fingerprint density at radius 2 is 2.43 bits per heavy atom. The normalized spacial score (nSPS) is 10.7. The summed E-state index contributed by atoms with van der Waals surface area (Å²) in [7, 11) is 0. The van der Waals surface area contributed by atoms with E-state index in [0.717, 1.165) is 21.5 Å². The molecule has 0 saturated carbocycles. The molecule has 2 rings (SSSR count). The van der Waals surface area contributed by atoms with Crippen LogP contribution < -0.4 is 0 Å². The molecule has 0 aliphatic heterocycles. The Bertz CT molecular complexity index is 495. The maximum Gasteiger partial charge on any atom is 0.177 e. The quantitative estimate of drug-likeness (QED) is 0.836. The summed E-state index contributed by atoms with van der Waals surface area (Å²) in [4.78, 5) is 4.33. The predicted octanol–water partition coefficient (Wildman–Crippen LogP) is 3.73. The maximum atomic E-state index is 5.19. The molecule has 2 aromatic rings. The van der Waals surface area contributed by atoms with E-state index in [-0.39, 0.29) is 0 Å². The summed E-state index contributed by atoms with van der Waals surface area (Å²) in [5, 5.41) is 2.07. The summed E-state index contributed by atoms with van der Waals surface area (Å²) < 4.78 is 4.03. The molecule has 1 N–H and O–H groups in total. The number of rotatable bonds is 2. The summed E-state index contributed by atoms with van der Waals surface area (Å²) in [5.74, 6) is 0. The van der Waals surface area contributed by atoms with E-state index in [4.69, 9.17) is 12.2 Å². The molecule has 0 aromatic carbocycles. The molecule has 0 atom stereocenters. The minimum absolute atomic E-state index is 0.780. The van der Waals surface area contributed by atoms with Gasteiger partial charge in [0.1, 0.15) is 0 Å². The third kappa shape index (κ3) is 1.85. The molecule has 0 amide bonds. The second kappa shape index (κ2) is 4.00. The van der Waals surface area contributed by atoms with Crippen LogP contribution in [0.15, 0.2) is 22.1 Å². The molecule has 14 heavy (non-hydrogen) atoms. The van der Waals surface area contributed by atoms with E-state index in [0.29, 0.717) is 0 Å². The van der Waals surface area contributed by atoms with Crippen molar-refractivity contribution in [2.24, 2.45) is 0 Å². The average molecular weight is 289 g/mol. The first kappa shape index (κ1) is 10.1. The van der Waals surface area contributed by atoms with E-state index < -0.39 is 0 Å². The van der Waals surface area contributed by atoms with Crippen LogP contribution in [0.4, 0.5) is 0 Å². The van der Waals surface area contributed by atoms with Crippen molar-refractivity contribution in [3.05, 3.63) is 37.5 Å². The lowest BCUT2D eigenvalue weighted by molar-refractivity contribution is 0.766. The van der Waals surface area contributed by atoms with Gasteiger partial charge in [-0.05, 0) is 46.5 Å². The van der Waals surface area contributed by atoms with Crippen LogP contribution in [0.3, 0.4) is 0 Å². The lowest BCUT2D eigenvalue weighted by Crippen LogP contribution is -2.00. The molecule has 0 radical (unpaired) electrons. The van der Waals surface area contributed by atoms with Crippen molar-refractivity contribution in [3.63, 3.8) is 0 Å². The number of thiophene rings is 1. The lowest BCUT2D eigenvalue weighted by Gasteiger charge is -2.03. The summed E-state index contributed by atoms with van der Waals surface area (Å²) in [6, 6.07) is 2.06. The molecule has 74 valence electrons. The van der Waals surface area contributed by atoms with Crippen molar-refractivity contribution in [3.8, 4) is 0 Å². The average Bonchev–Trinajstić information content (AvgIpc) is 2.67. The second-order valence-electron chi connectivity index (χ2n) is 3.01. The fraction of sp³-hybridized carbons (Fsp3) is 0.222. The predicted molar refractivity (Wildman–Crippen MR) is 65.5 cm³/mol. The number of hydrogen-bond donors (Lipinski definition) is 1. The van der Waals surface area contributed by atoms with Gasteiger partial charge < -0.3 is 9.55 Å². The SMILES string of the molecule is Cc1c[nH]c(=S)n1Cc1sccc1Br. The Morgan fingerprint density at radius 3 is 2.93 bits per heavy atom. The van der Waals surface area contributed by atoms with Gasteiger partial charge in [-0.2, -0.15) is 0 Å². The highest BCUT2D eigenvalue weighted by Gasteiger charge is 2.04. The number of aromatic amines is 1. The standard InChI is InChI=1S/C9H9BrN2S2/c1-6-4-11-9(13)12(6)5-8-7(10)2-3-14-8/h2-4H,5H2,1H3,(H,11,13). The number of aromatic nitrogens is 2. The molecule has 0 saturated heterocycles. The van der Waals surface area contributed by atoms with E-state index in [1.54, 1.807) is 11.3 Å². The number of imidazole rings is 1. The highest BCUT2D eigenvalue weighted by molar-refractivity contribution is 9.10. The van der Waals surface area contributed by atoms with Gasteiger partial charge in [0, 0.05) is 21.2 Å². The van der Waals surface area contributed by atoms with Crippen LogP contribution in [0, 0.1) is 11.7 Å². The van der Waals surface area contributed by atoms with Gasteiger partial charge in [0.25, 0.3) is 0 Å². The largest absolute Gasteiger partial charge is 0.337 e. The topological polar surface area (TPSA) is 20.7 Å². The van der Waals surface area contributed by atoms with Crippen LogP contribution in [0.5, 0.6) is 0 Å². The van der Waals surface area contributed by atoms with Crippen molar-refractivity contribution in [2.75, 3.05) is 0 Å². The number of hydrogen-bond acceptors (Lipinski definition) is 2. The Balaban J connectivity index is 2.36. The van der Waals surface area contributed by atoms with Crippen molar-refractivity contribution < 1.29 is 0 Å². The molecule has 5 heteroatoms. The van der Waals surface area contributed by atoms with Crippen LogP contribution in [-0.4, -0.2) is 9.55 Å². The fourth-order valence-corrected chi connectivity index (χ4v) is 2.99. The third-order valence-electron chi connectivity index (χ3n) is 2.07. The first-order chi connectivity index (χ1) is 6.68. The number of aryl methyl sites for hydroxylation is 1. The molecule has 2 aromatic heterocycles. The third-order valence-corrected chi connectivity index (χ3v) is 4.32. The van der Waals surface area contributed by atoms with Crippen molar-refractivity contribution in [1.82, 2.24) is 9.55 Å². The van der Waals surface area contributed by atoms with Gasteiger partial charge in [-0.1, -0.05) is 0 Å². The van der Waals surface area contributed by atoms with Crippen LogP contribution in [0.2, 0.25) is 0 Å². The molecular weight excluding hydrogens is 280 g/mol. The summed E-state index contributed by atoms with van der Waals surface area (Å²) in [5.41, 5.74) is 1.16. The zero-order valence-corrected chi connectivity index (χ0v) is 10.8. The van der Waals surface area contributed by atoms with Crippen molar-refractivity contribution in [1.29, 1.82) is 0 Å². The molecule has 0 aliphatic rings. The van der Waals surface area contributed by atoms with Gasteiger partial charge in [-0.25, -0.2) is 0 Å². The number of H-pyrrole nitrogens is 1. The molecule has 0 aliphatic carbocycles. The molecule has 2 heterocycles. The van der Waals surface area contributed by atoms with E-state index in [1.807, 2.05) is 13.1 Å². The van der Waals surface area contributed by atoms with E-state index in [1.165, 1.54) is 4.88 Å². The Kier molecular flexibility index (Phi) is 2.90. The summed E-state index contributed by atoms with van der Waals surface area (Å²) in [6.45, 7) is 2.89. The van der Waals surface area contributed by atoms with Gasteiger partial charge in [0.05, 0.1) is 6.54 Å².